The average molecular weight is 159 g/mol. The maximum atomic E-state index is 2.26. The fourth-order valence-electron chi connectivity index (χ4n) is 1.55. The minimum atomic E-state index is 1.12. The number of nitrogens with zero attached hydrogens (tertiary/aromatic N) is 1. The van der Waals surface area contributed by atoms with Crippen molar-refractivity contribution in [3.05, 3.63) is 36.2 Å². The van der Waals surface area contributed by atoms with E-state index in [0.717, 1.165) is 6.42 Å². The Morgan fingerprint density at radius 1 is 1.17 bits per heavy atom. The summed E-state index contributed by atoms with van der Waals surface area (Å²) in [5, 5.41) is 2.67. The Bertz CT molecular complexity index is 398. The molecular weight excluding hydrogens is 146 g/mol. The number of fused-ring (bicyclic) bond motifs is 1. The van der Waals surface area contributed by atoms with E-state index < -0.39 is 0 Å². The lowest BCUT2D eigenvalue weighted by atomic mass is 10.1. The third kappa shape index (κ3) is 1.11. The molecule has 0 amide bonds. The standard InChI is InChI=1S/C11H13N/c1-3-9-4-5-10-7-12(2)8-11(10)6-9/h4-8H,3H2,1-2H3. The maximum Gasteiger partial charge on any atom is 0.0111 e. The summed E-state index contributed by atoms with van der Waals surface area (Å²) in [6.45, 7) is 2.18. The Morgan fingerprint density at radius 3 is 2.67 bits per heavy atom. The minimum absolute atomic E-state index is 1.12. The second kappa shape index (κ2) is 2.67. The Balaban J connectivity index is 2.66. The molecule has 0 N–H and O–H groups in total. The van der Waals surface area contributed by atoms with Crippen molar-refractivity contribution < 1.29 is 0 Å². The van der Waals surface area contributed by atoms with Crippen LogP contribution in [-0.2, 0) is 13.5 Å². The largest absolute Gasteiger partial charge is 0.356 e. The molecule has 0 fully saturated rings. The second-order valence-electron chi connectivity index (χ2n) is 3.24. The summed E-state index contributed by atoms with van der Waals surface area (Å²) in [6.07, 6.45) is 5.42. The molecule has 0 aliphatic heterocycles. The van der Waals surface area contributed by atoms with E-state index in [1.54, 1.807) is 0 Å². The van der Waals surface area contributed by atoms with Crippen molar-refractivity contribution in [2.24, 2.45) is 7.05 Å². The van der Waals surface area contributed by atoms with Crippen LogP contribution in [0.2, 0.25) is 0 Å². The highest BCUT2D eigenvalue weighted by Crippen LogP contribution is 2.16. The van der Waals surface area contributed by atoms with Crippen LogP contribution < -0.4 is 0 Å². The van der Waals surface area contributed by atoms with Crippen LogP contribution in [0.3, 0.4) is 0 Å². The van der Waals surface area contributed by atoms with E-state index in [1.165, 1.54) is 16.3 Å². The van der Waals surface area contributed by atoms with Gasteiger partial charge in [0.25, 0.3) is 0 Å². The summed E-state index contributed by atoms with van der Waals surface area (Å²) in [4.78, 5) is 0. The van der Waals surface area contributed by atoms with Crippen LogP contribution in [0.25, 0.3) is 10.8 Å². The molecule has 1 heterocycles. The Kier molecular flexibility index (Phi) is 1.65. The van der Waals surface area contributed by atoms with E-state index in [4.69, 9.17) is 0 Å². The van der Waals surface area contributed by atoms with Crippen molar-refractivity contribution in [2.45, 2.75) is 13.3 Å². The summed E-state index contributed by atoms with van der Waals surface area (Å²) in [7, 11) is 2.06. The van der Waals surface area contributed by atoms with Crippen LogP contribution in [0.15, 0.2) is 30.6 Å². The molecule has 0 atom stereocenters. The summed E-state index contributed by atoms with van der Waals surface area (Å²) >= 11 is 0. The van der Waals surface area contributed by atoms with Gasteiger partial charge < -0.3 is 4.57 Å². The molecule has 0 unspecified atom stereocenters. The highest BCUT2D eigenvalue weighted by atomic mass is 14.9. The van der Waals surface area contributed by atoms with Gasteiger partial charge in [0.15, 0.2) is 0 Å². The van der Waals surface area contributed by atoms with Gasteiger partial charge in [0.2, 0.25) is 0 Å². The van der Waals surface area contributed by atoms with E-state index in [9.17, 15) is 0 Å². The molecule has 1 nitrogen and oxygen atoms in total. The van der Waals surface area contributed by atoms with E-state index >= 15 is 0 Å². The van der Waals surface area contributed by atoms with Crippen molar-refractivity contribution >= 4 is 10.8 Å². The van der Waals surface area contributed by atoms with Gasteiger partial charge in [0.1, 0.15) is 0 Å². The van der Waals surface area contributed by atoms with Crippen LogP contribution in [-0.4, -0.2) is 4.57 Å². The zero-order valence-electron chi connectivity index (χ0n) is 7.54. The normalized spacial score (nSPS) is 10.8. The highest BCUT2D eigenvalue weighted by Gasteiger charge is 1.96. The molecule has 1 aromatic heterocycles. The number of aryl methyl sites for hydroxylation is 2. The smallest absolute Gasteiger partial charge is 0.0111 e. The molecule has 0 saturated heterocycles. The molecule has 12 heavy (non-hydrogen) atoms. The number of benzene rings is 1. The van der Waals surface area contributed by atoms with Gasteiger partial charge in [0, 0.05) is 19.4 Å². The molecule has 0 saturated carbocycles. The average Bonchev–Trinajstić information content (AvgIpc) is 2.43. The number of rotatable bonds is 1. The van der Waals surface area contributed by atoms with Crippen LogP contribution in [0.5, 0.6) is 0 Å². The zero-order chi connectivity index (χ0) is 8.55. The van der Waals surface area contributed by atoms with E-state index in [0.29, 0.717) is 0 Å². The number of hydrogen-bond acceptors (Lipinski definition) is 0. The first-order valence-electron chi connectivity index (χ1n) is 4.34. The summed E-state index contributed by atoms with van der Waals surface area (Å²) in [5.41, 5.74) is 1.41. The molecule has 1 heteroatoms. The number of aromatic nitrogens is 1. The summed E-state index contributed by atoms with van der Waals surface area (Å²) < 4.78 is 2.10. The third-order valence-electron chi connectivity index (χ3n) is 2.24. The van der Waals surface area contributed by atoms with E-state index in [2.05, 4.69) is 49.1 Å². The predicted octanol–water partition coefficient (Wildman–Crippen LogP) is 2.74. The van der Waals surface area contributed by atoms with Gasteiger partial charge in [-0.15, -0.1) is 0 Å². The number of hydrogen-bond donors (Lipinski definition) is 0. The molecular formula is C11H13N. The molecule has 0 radical (unpaired) electrons. The second-order valence-corrected chi connectivity index (χ2v) is 3.24. The van der Waals surface area contributed by atoms with Crippen LogP contribution in [0.1, 0.15) is 12.5 Å². The summed E-state index contributed by atoms with van der Waals surface area (Å²) in [6, 6.07) is 6.64. The maximum absolute atomic E-state index is 2.26. The fraction of sp³-hybridized carbons (Fsp3) is 0.273. The minimum Gasteiger partial charge on any atom is -0.356 e. The molecule has 1 aromatic carbocycles. The molecule has 0 spiro atoms. The van der Waals surface area contributed by atoms with Gasteiger partial charge in [-0.25, -0.2) is 0 Å². The van der Waals surface area contributed by atoms with Crippen molar-refractivity contribution in [2.75, 3.05) is 0 Å². The lowest BCUT2D eigenvalue weighted by Crippen LogP contribution is -1.76. The zero-order valence-corrected chi connectivity index (χ0v) is 7.54. The Morgan fingerprint density at radius 2 is 1.92 bits per heavy atom. The van der Waals surface area contributed by atoms with Gasteiger partial charge in [-0.3, -0.25) is 0 Å². The van der Waals surface area contributed by atoms with E-state index in [1.807, 2.05) is 0 Å². The molecule has 2 rings (SSSR count). The Hall–Kier alpha value is -1.24. The Labute approximate surface area is 72.6 Å². The lowest BCUT2D eigenvalue weighted by Gasteiger charge is -1.94. The fourth-order valence-corrected chi connectivity index (χ4v) is 1.55. The monoisotopic (exact) mass is 159 g/mol. The van der Waals surface area contributed by atoms with Gasteiger partial charge in [-0.2, -0.15) is 0 Å². The lowest BCUT2D eigenvalue weighted by molar-refractivity contribution is 0.933. The molecule has 0 aliphatic rings. The molecule has 0 aliphatic carbocycles. The van der Waals surface area contributed by atoms with Gasteiger partial charge in [-0.1, -0.05) is 19.1 Å². The van der Waals surface area contributed by atoms with E-state index in [-0.39, 0.29) is 0 Å². The topological polar surface area (TPSA) is 4.93 Å². The molecule has 2 aromatic rings. The SMILES string of the molecule is CCc1ccc2cn(C)cc2c1. The first kappa shape index (κ1) is 7.41. The van der Waals surface area contributed by atoms with Crippen LogP contribution in [0, 0.1) is 0 Å². The van der Waals surface area contributed by atoms with Crippen LogP contribution >= 0.6 is 0 Å². The van der Waals surface area contributed by atoms with Crippen molar-refractivity contribution in [3.8, 4) is 0 Å². The van der Waals surface area contributed by atoms with Crippen molar-refractivity contribution in [1.29, 1.82) is 0 Å². The first-order valence-corrected chi connectivity index (χ1v) is 4.34. The van der Waals surface area contributed by atoms with Crippen molar-refractivity contribution in [3.63, 3.8) is 0 Å². The first-order chi connectivity index (χ1) is 5.79. The molecule has 62 valence electrons. The third-order valence-corrected chi connectivity index (χ3v) is 2.24. The van der Waals surface area contributed by atoms with Gasteiger partial charge in [0.05, 0.1) is 0 Å². The summed E-state index contributed by atoms with van der Waals surface area (Å²) in [5.74, 6) is 0. The molecule has 0 bridgehead atoms. The highest BCUT2D eigenvalue weighted by molar-refractivity contribution is 5.82. The van der Waals surface area contributed by atoms with Gasteiger partial charge in [-0.05, 0) is 28.8 Å². The predicted molar refractivity (Wildman–Crippen MR) is 52.3 cm³/mol. The quantitative estimate of drug-likeness (QED) is 0.603. The van der Waals surface area contributed by atoms with Crippen molar-refractivity contribution in [1.82, 2.24) is 4.57 Å². The van der Waals surface area contributed by atoms with Crippen LogP contribution in [0.4, 0.5) is 0 Å². The van der Waals surface area contributed by atoms with Gasteiger partial charge >= 0.3 is 0 Å².